The Morgan fingerprint density at radius 2 is 2.00 bits per heavy atom. The number of nitro groups is 1. The van der Waals surface area contributed by atoms with Crippen molar-refractivity contribution in [1.82, 2.24) is 9.78 Å². The van der Waals surface area contributed by atoms with Crippen LogP contribution in [0.4, 0.5) is 11.5 Å². The number of carbonyl (C=O) groups is 1. The third-order valence-electron chi connectivity index (χ3n) is 4.60. The number of carbonyl (C=O) groups excluding carboxylic acids is 1. The smallest absolute Gasteiger partial charge is 0.273 e. The first-order chi connectivity index (χ1) is 13.5. The Balaban J connectivity index is 1.74. The molecule has 28 heavy (non-hydrogen) atoms. The molecule has 0 bridgehead atoms. The minimum absolute atomic E-state index is 0.0837. The average molecular weight is 415 g/mol. The zero-order chi connectivity index (χ0) is 19.8. The second-order valence-corrected chi connectivity index (χ2v) is 7.74. The van der Waals surface area contributed by atoms with Gasteiger partial charge in [-0.1, -0.05) is 17.7 Å². The van der Waals surface area contributed by atoms with Gasteiger partial charge in [-0.15, -0.1) is 0 Å². The maximum Gasteiger partial charge on any atom is 0.273 e. The average Bonchev–Trinajstić information content (AvgIpc) is 3.25. The number of benzene rings is 2. The van der Waals surface area contributed by atoms with Crippen LogP contribution in [0, 0.1) is 17.0 Å². The zero-order valence-electron chi connectivity index (χ0n) is 14.8. The van der Waals surface area contributed by atoms with E-state index in [1.165, 1.54) is 12.1 Å². The molecular weight excluding hydrogens is 400 g/mol. The normalized spacial score (nSPS) is 12.6. The Hall–Kier alpha value is -2.84. The maximum absolute atomic E-state index is 12.9. The molecule has 1 aliphatic rings. The molecule has 0 saturated heterocycles. The summed E-state index contributed by atoms with van der Waals surface area (Å²) in [5.74, 6) is 1.69. The van der Waals surface area contributed by atoms with Crippen LogP contribution in [0.3, 0.4) is 0 Å². The van der Waals surface area contributed by atoms with Gasteiger partial charge in [0.05, 0.1) is 16.3 Å². The van der Waals surface area contributed by atoms with E-state index in [9.17, 15) is 14.9 Å². The first kappa shape index (κ1) is 18.5. The Morgan fingerprint density at radius 1 is 1.25 bits per heavy atom. The SMILES string of the molecule is Cc1c(C(=O)Nc2c3c(nn2-c2ccc(Cl)cc2)CSC3)cccc1[N+](=O)[O-]. The number of fused-ring (bicyclic) bond motifs is 1. The van der Waals surface area contributed by atoms with Crippen LogP contribution in [0.25, 0.3) is 5.69 Å². The van der Waals surface area contributed by atoms with E-state index in [-0.39, 0.29) is 11.3 Å². The molecule has 1 aromatic heterocycles. The number of nitrogens with zero attached hydrogens (tertiary/aromatic N) is 3. The van der Waals surface area contributed by atoms with Crippen LogP contribution in [-0.4, -0.2) is 20.6 Å². The number of nitro benzene ring substituents is 1. The molecule has 9 heteroatoms. The van der Waals surface area contributed by atoms with Crippen molar-refractivity contribution in [1.29, 1.82) is 0 Å². The summed E-state index contributed by atoms with van der Waals surface area (Å²) < 4.78 is 1.69. The van der Waals surface area contributed by atoms with E-state index in [1.54, 1.807) is 41.6 Å². The predicted octanol–water partition coefficient (Wildman–Crippen LogP) is 4.74. The van der Waals surface area contributed by atoms with Gasteiger partial charge >= 0.3 is 0 Å². The molecule has 1 aliphatic heterocycles. The van der Waals surface area contributed by atoms with Crippen LogP contribution in [0.5, 0.6) is 0 Å². The van der Waals surface area contributed by atoms with Crippen molar-refractivity contribution in [3.8, 4) is 5.69 Å². The summed E-state index contributed by atoms with van der Waals surface area (Å²) >= 11 is 7.70. The first-order valence-corrected chi connectivity index (χ1v) is 9.99. The van der Waals surface area contributed by atoms with E-state index in [1.807, 2.05) is 12.1 Å². The van der Waals surface area contributed by atoms with Gasteiger partial charge in [0.2, 0.25) is 0 Å². The largest absolute Gasteiger partial charge is 0.306 e. The Morgan fingerprint density at radius 3 is 2.71 bits per heavy atom. The van der Waals surface area contributed by atoms with Crippen LogP contribution in [0.2, 0.25) is 5.02 Å². The number of halogens is 1. The summed E-state index contributed by atoms with van der Waals surface area (Å²) in [4.78, 5) is 23.6. The number of anilines is 1. The molecule has 2 heterocycles. The summed E-state index contributed by atoms with van der Waals surface area (Å²) in [6.45, 7) is 1.57. The molecule has 0 saturated carbocycles. The molecule has 0 aliphatic carbocycles. The molecule has 2 aromatic carbocycles. The van der Waals surface area contributed by atoms with Crippen molar-refractivity contribution >= 4 is 40.8 Å². The van der Waals surface area contributed by atoms with Gasteiger partial charge in [-0.3, -0.25) is 14.9 Å². The molecule has 0 radical (unpaired) electrons. The van der Waals surface area contributed by atoms with E-state index < -0.39 is 10.8 Å². The summed E-state index contributed by atoms with van der Waals surface area (Å²) in [6.07, 6.45) is 0. The van der Waals surface area contributed by atoms with Crippen molar-refractivity contribution in [3.63, 3.8) is 0 Å². The van der Waals surface area contributed by atoms with Crippen molar-refractivity contribution < 1.29 is 9.72 Å². The van der Waals surface area contributed by atoms with Crippen LogP contribution in [-0.2, 0) is 11.5 Å². The van der Waals surface area contributed by atoms with Gasteiger partial charge in [-0.25, -0.2) is 4.68 Å². The third-order valence-corrected chi connectivity index (χ3v) is 5.82. The van der Waals surface area contributed by atoms with Gasteiger partial charge < -0.3 is 5.32 Å². The van der Waals surface area contributed by atoms with E-state index in [4.69, 9.17) is 11.6 Å². The minimum atomic E-state index is -0.488. The highest BCUT2D eigenvalue weighted by molar-refractivity contribution is 7.98. The highest BCUT2D eigenvalue weighted by atomic mass is 35.5. The number of rotatable bonds is 4. The van der Waals surface area contributed by atoms with Crippen LogP contribution >= 0.6 is 23.4 Å². The lowest BCUT2D eigenvalue weighted by Crippen LogP contribution is -2.17. The van der Waals surface area contributed by atoms with Crippen LogP contribution in [0.1, 0.15) is 27.2 Å². The van der Waals surface area contributed by atoms with Crippen LogP contribution < -0.4 is 5.32 Å². The highest BCUT2D eigenvalue weighted by Crippen LogP contribution is 2.36. The fourth-order valence-electron chi connectivity index (χ4n) is 3.15. The van der Waals surface area contributed by atoms with Crippen molar-refractivity contribution in [3.05, 3.63) is 80.0 Å². The van der Waals surface area contributed by atoms with Crippen molar-refractivity contribution in [2.24, 2.45) is 0 Å². The Bertz CT molecular complexity index is 1100. The van der Waals surface area contributed by atoms with E-state index in [2.05, 4.69) is 10.4 Å². The number of aromatic nitrogens is 2. The molecule has 0 fully saturated rings. The molecule has 0 atom stereocenters. The first-order valence-electron chi connectivity index (χ1n) is 8.45. The summed E-state index contributed by atoms with van der Waals surface area (Å²) in [7, 11) is 0. The molecule has 7 nitrogen and oxygen atoms in total. The van der Waals surface area contributed by atoms with Gasteiger partial charge in [-0.05, 0) is 37.3 Å². The fraction of sp³-hybridized carbons (Fsp3) is 0.158. The lowest BCUT2D eigenvalue weighted by Gasteiger charge is -2.12. The quantitative estimate of drug-likeness (QED) is 0.491. The van der Waals surface area contributed by atoms with Gasteiger partial charge in [-0.2, -0.15) is 16.9 Å². The molecule has 0 unspecified atom stereocenters. The molecule has 142 valence electrons. The Labute approximate surface area is 169 Å². The standard InChI is InChI=1S/C19H15ClN4O3S/c1-11-14(3-2-4-17(11)24(26)27)19(25)21-18-15-9-28-10-16(15)22-23(18)13-7-5-12(20)6-8-13/h2-8H,9-10H2,1H3,(H,21,25). The summed E-state index contributed by atoms with van der Waals surface area (Å²) in [6, 6.07) is 11.6. The van der Waals surface area contributed by atoms with Gasteiger partial charge in [0.1, 0.15) is 5.82 Å². The second kappa shape index (κ2) is 7.29. The van der Waals surface area contributed by atoms with Crippen LogP contribution in [0.15, 0.2) is 42.5 Å². The maximum atomic E-state index is 12.9. The topological polar surface area (TPSA) is 90.1 Å². The molecule has 3 aromatic rings. The lowest BCUT2D eigenvalue weighted by molar-refractivity contribution is -0.385. The molecule has 1 N–H and O–H groups in total. The Kier molecular flexibility index (Phi) is 4.82. The lowest BCUT2D eigenvalue weighted by atomic mass is 10.1. The number of hydrogen-bond acceptors (Lipinski definition) is 5. The number of nitrogens with one attached hydrogen (secondary N) is 1. The van der Waals surface area contributed by atoms with Gasteiger partial charge in [0, 0.05) is 39.3 Å². The highest BCUT2D eigenvalue weighted by Gasteiger charge is 2.26. The summed E-state index contributed by atoms with van der Waals surface area (Å²) in [5.41, 5.74) is 3.17. The molecule has 1 amide bonds. The second-order valence-electron chi connectivity index (χ2n) is 6.32. The van der Waals surface area contributed by atoms with Gasteiger partial charge in [0.25, 0.3) is 11.6 Å². The predicted molar refractivity (Wildman–Crippen MR) is 109 cm³/mol. The van der Waals surface area contributed by atoms with E-state index >= 15 is 0 Å². The third kappa shape index (κ3) is 3.25. The van der Waals surface area contributed by atoms with E-state index in [0.717, 1.165) is 28.5 Å². The van der Waals surface area contributed by atoms with Crippen molar-refractivity contribution in [2.45, 2.75) is 18.4 Å². The summed E-state index contributed by atoms with van der Waals surface area (Å²) in [5, 5.41) is 19.3. The van der Waals surface area contributed by atoms with Gasteiger partial charge in [0.15, 0.2) is 0 Å². The van der Waals surface area contributed by atoms with Crippen molar-refractivity contribution in [2.75, 3.05) is 5.32 Å². The minimum Gasteiger partial charge on any atom is -0.306 e. The number of amides is 1. The number of thioether (sulfide) groups is 1. The number of hydrogen-bond donors (Lipinski definition) is 1. The van der Waals surface area contributed by atoms with E-state index in [0.29, 0.717) is 16.4 Å². The zero-order valence-corrected chi connectivity index (χ0v) is 16.4. The fourth-order valence-corrected chi connectivity index (χ4v) is 4.31. The monoisotopic (exact) mass is 414 g/mol. The molecule has 0 spiro atoms. The molecule has 4 rings (SSSR count). The molecular formula is C19H15ClN4O3S.